The maximum absolute atomic E-state index is 13.3. The molecule has 0 saturated carbocycles. The van der Waals surface area contributed by atoms with E-state index in [1.807, 2.05) is 0 Å². The summed E-state index contributed by atoms with van der Waals surface area (Å²) in [5, 5.41) is 2.49. The maximum Gasteiger partial charge on any atom is 0.573 e. The minimum Gasteiger partial charge on any atom is -0.406 e. The number of nitrogens with zero attached hydrogens (tertiary/aromatic N) is 2. The molecule has 1 N–H and O–H groups in total. The monoisotopic (exact) mass is 433 g/mol. The number of aromatic nitrogens is 2. The molecule has 0 aliphatic heterocycles. The van der Waals surface area contributed by atoms with Crippen molar-refractivity contribution in [3.63, 3.8) is 0 Å². The number of hydrogen-bond acceptors (Lipinski definition) is 4. The minimum absolute atomic E-state index is 0.0165. The Labute approximate surface area is 167 Å². The van der Waals surface area contributed by atoms with Crippen molar-refractivity contribution in [3.8, 4) is 5.75 Å². The van der Waals surface area contributed by atoms with Gasteiger partial charge in [0.15, 0.2) is 5.69 Å². The molecule has 11 heteroatoms. The highest BCUT2D eigenvalue weighted by atomic mass is 19.4. The van der Waals surface area contributed by atoms with Gasteiger partial charge in [-0.3, -0.25) is 4.79 Å². The Hall–Kier alpha value is -2.85. The van der Waals surface area contributed by atoms with E-state index < -0.39 is 29.9 Å². The van der Waals surface area contributed by atoms with E-state index in [1.165, 1.54) is 0 Å². The molecule has 0 spiro atoms. The summed E-state index contributed by atoms with van der Waals surface area (Å²) in [5.41, 5.74) is -0.312. The standard InChI is InChI=1S/C19H17F6N3O2/c20-18(21,22)16-13-3-1-2-4-14(13)27-15(28-16)9-10-26-17(29)11-5-7-12(8-6-11)30-19(23,24)25/h5-8H,1-4,9-10H2,(H,26,29). The van der Waals surface area contributed by atoms with Gasteiger partial charge in [0.25, 0.3) is 5.91 Å². The van der Waals surface area contributed by atoms with E-state index >= 15 is 0 Å². The summed E-state index contributed by atoms with van der Waals surface area (Å²) in [4.78, 5) is 20.0. The Morgan fingerprint density at radius 2 is 1.67 bits per heavy atom. The van der Waals surface area contributed by atoms with Crippen molar-refractivity contribution in [2.75, 3.05) is 6.54 Å². The van der Waals surface area contributed by atoms with Gasteiger partial charge >= 0.3 is 12.5 Å². The first-order chi connectivity index (χ1) is 14.0. The lowest BCUT2D eigenvalue weighted by Gasteiger charge is -2.20. The topological polar surface area (TPSA) is 64.1 Å². The van der Waals surface area contributed by atoms with Crippen molar-refractivity contribution in [1.29, 1.82) is 0 Å². The molecule has 1 amide bonds. The van der Waals surface area contributed by atoms with E-state index in [4.69, 9.17) is 0 Å². The van der Waals surface area contributed by atoms with Gasteiger partial charge in [-0.2, -0.15) is 13.2 Å². The molecule has 1 aliphatic carbocycles. The predicted octanol–water partition coefficient (Wildman–Crippen LogP) is 4.25. The number of hydrogen-bond donors (Lipinski definition) is 1. The second-order valence-electron chi connectivity index (χ2n) is 6.70. The van der Waals surface area contributed by atoms with Crippen molar-refractivity contribution in [1.82, 2.24) is 15.3 Å². The normalized spacial score (nSPS) is 14.2. The fourth-order valence-electron chi connectivity index (χ4n) is 3.19. The number of ether oxygens (including phenoxy) is 1. The molecule has 1 aliphatic rings. The lowest BCUT2D eigenvalue weighted by atomic mass is 9.94. The van der Waals surface area contributed by atoms with Crippen LogP contribution in [0.1, 0.15) is 46.0 Å². The van der Waals surface area contributed by atoms with Crippen LogP contribution < -0.4 is 10.1 Å². The first-order valence-electron chi connectivity index (χ1n) is 9.13. The number of amides is 1. The van der Waals surface area contributed by atoms with Crippen LogP contribution in [0.2, 0.25) is 0 Å². The third-order valence-electron chi connectivity index (χ3n) is 4.48. The van der Waals surface area contributed by atoms with E-state index in [0.717, 1.165) is 30.7 Å². The van der Waals surface area contributed by atoms with Gasteiger partial charge in [-0.25, -0.2) is 9.97 Å². The van der Waals surface area contributed by atoms with Gasteiger partial charge in [-0.15, -0.1) is 13.2 Å². The maximum atomic E-state index is 13.3. The fourth-order valence-corrected chi connectivity index (χ4v) is 3.19. The number of rotatable bonds is 5. The average molecular weight is 433 g/mol. The van der Waals surface area contributed by atoms with E-state index in [-0.39, 0.29) is 36.3 Å². The van der Waals surface area contributed by atoms with Crippen molar-refractivity contribution >= 4 is 5.91 Å². The summed E-state index contributed by atoms with van der Waals surface area (Å²) < 4.78 is 80.1. The largest absolute Gasteiger partial charge is 0.573 e. The molecule has 0 radical (unpaired) electrons. The Kier molecular flexibility index (Phi) is 6.18. The molecule has 1 aromatic heterocycles. The average Bonchev–Trinajstić information content (AvgIpc) is 2.66. The number of benzene rings is 1. The second-order valence-corrected chi connectivity index (χ2v) is 6.70. The molecule has 0 bridgehead atoms. The van der Waals surface area contributed by atoms with Crippen LogP contribution in [0.15, 0.2) is 24.3 Å². The molecule has 0 saturated heterocycles. The van der Waals surface area contributed by atoms with E-state index in [2.05, 4.69) is 20.0 Å². The molecule has 30 heavy (non-hydrogen) atoms. The molecule has 0 fully saturated rings. The van der Waals surface area contributed by atoms with Crippen molar-refractivity contribution < 1.29 is 35.9 Å². The summed E-state index contributed by atoms with van der Waals surface area (Å²) in [5.74, 6) is -1.08. The predicted molar refractivity (Wildman–Crippen MR) is 92.8 cm³/mol. The zero-order chi connectivity index (χ0) is 21.9. The highest BCUT2D eigenvalue weighted by molar-refractivity contribution is 5.94. The summed E-state index contributed by atoms with van der Waals surface area (Å²) >= 11 is 0. The molecule has 1 heterocycles. The molecule has 2 aromatic rings. The van der Waals surface area contributed by atoms with Crippen LogP contribution in [0.5, 0.6) is 5.75 Å². The molecule has 0 atom stereocenters. The van der Waals surface area contributed by atoms with Gasteiger partial charge in [-0.1, -0.05) is 0 Å². The van der Waals surface area contributed by atoms with Gasteiger partial charge < -0.3 is 10.1 Å². The Morgan fingerprint density at radius 1 is 1.00 bits per heavy atom. The molecule has 0 unspecified atom stereocenters. The highest BCUT2D eigenvalue weighted by Gasteiger charge is 2.37. The van der Waals surface area contributed by atoms with Crippen LogP contribution in [-0.2, 0) is 25.4 Å². The third kappa shape index (κ3) is 5.61. The highest BCUT2D eigenvalue weighted by Crippen LogP contribution is 2.34. The number of aryl methyl sites for hydroxylation is 1. The summed E-state index contributed by atoms with van der Waals surface area (Å²) in [7, 11) is 0. The lowest BCUT2D eigenvalue weighted by Crippen LogP contribution is -2.27. The van der Waals surface area contributed by atoms with Crippen LogP contribution in [0, 0.1) is 0 Å². The summed E-state index contributed by atoms with van der Waals surface area (Å²) in [6.45, 7) is -0.0320. The van der Waals surface area contributed by atoms with Crippen molar-refractivity contribution in [2.24, 2.45) is 0 Å². The number of carbonyl (C=O) groups excluding carboxylic acids is 1. The quantitative estimate of drug-likeness (QED) is 0.717. The van der Waals surface area contributed by atoms with Gasteiger partial charge in [0.2, 0.25) is 0 Å². The Morgan fingerprint density at radius 3 is 2.30 bits per heavy atom. The van der Waals surface area contributed by atoms with Crippen LogP contribution in [0.4, 0.5) is 26.3 Å². The van der Waals surface area contributed by atoms with Gasteiger partial charge in [-0.05, 0) is 49.9 Å². The molecule has 1 aromatic carbocycles. The molecule has 162 valence electrons. The van der Waals surface area contributed by atoms with Gasteiger partial charge in [0.05, 0.1) is 0 Å². The number of nitrogens with one attached hydrogen (secondary N) is 1. The van der Waals surface area contributed by atoms with Crippen molar-refractivity contribution in [2.45, 2.75) is 44.6 Å². The first-order valence-corrected chi connectivity index (χ1v) is 9.13. The fraction of sp³-hybridized carbons (Fsp3) is 0.421. The minimum atomic E-state index is -4.84. The van der Waals surface area contributed by atoms with E-state index in [9.17, 15) is 31.1 Å². The number of fused-ring (bicyclic) bond motifs is 1. The first kappa shape index (κ1) is 21.8. The van der Waals surface area contributed by atoms with Crippen LogP contribution in [0.25, 0.3) is 0 Å². The number of alkyl halides is 6. The van der Waals surface area contributed by atoms with Crippen LogP contribution in [-0.4, -0.2) is 28.8 Å². The smallest absolute Gasteiger partial charge is 0.406 e. The second kappa shape index (κ2) is 8.49. The number of halogens is 6. The van der Waals surface area contributed by atoms with Gasteiger partial charge in [0, 0.05) is 29.8 Å². The summed E-state index contributed by atoms with van der Waals surface area (Å²) in [6, 6.07) is 4.27. The van der Waals surface area contributed by atoms with E-state index in [0.29, 0.717) is 18.5 Å². The van der Waals surface area contributed by atoms with Crippen LogP contribution in [0.3, 0.4) is 0 Å². The van der Waals surface area contributed by atoms with Gasteiger partial charge in [0.1, 0.15) is 11.6 Å². The van der Waals surface area contributed by atoms with E-state index in [1.54, 1.807) is 0 Å². The molecular weight excluding hydrogens is 416 g/mol. The molecule has 3 rings (SSSR count). The lowest BCUT2D eigenvalue weighted by molar-refractivity contribution is -0.274. The third-order valence-corrected chi connectivity index (χ3v) is 4.48. The Balaban J connectivity index is 1.63. The molecular formula is C19H17F6N3O2. The summed E-state index contributed by atoms with van der Waals surface area (Å²) in [6.07, 6.45) is -7.29. The van der Waals surface area contributed by atoms with Crippen LogP contribution >= 0.6 is 0 Å². The Bertz CT molecular complexity index is 910. The SMILES string of the molecule is O=C(NCCc1nc2c(c(C(F)(F)F)n1)CCCC2)c1ccc(OC(F)(F)F)cc1. The zero-order valence-electron chi connectivity index (χ0n) is 15.5. The number of carbonyl (C=O) groups is 1. The molecule has 5 nitrogen and oxygen atoms in total. The van der Waals surface area contributed by atoms with Crippen molar-refractivity contribution in [3.05, 3.63) is 52.6 Å². The zero-order valence-corrected chi connectivity index (χ0v) is 15.5.